The van der Waals surface area contributed by atoms with Crippen LogP contribution in [0.3, 0.4) is 0 Å². The summed E-state index contributed by atoms with van der Waals surface area (Å²) in [5.41, 5.74) is 0.261. The average Bonchev–Trinajstić information content (AvgIpc) is 2.11. The van der Waals surface area contributed by atoms with Crippen LogP contribution in [0.2, 0.25) is 6.04 Å². The predicted molar refractivity (Wildman–Crippen MR) is 40.1 cm³/mol. The minimum atomic E-state index is -1.64. The molecule has 0 aromatic rings. The third-order valence-electron chi connectivity index (χ3n) is 2.08. The third kappa shape index (κ3) is 1.65. The molecule has 10 heavy (non-hydrogen) atoms. The van der Waals surface area contributed by atoms with E-state index in [0.29, 0.717) is 12.5 Å². The maximum absolute atomic E-state index is 10.9. The van der Waals surface area contributed by atoms with Gasteiger partial charge in [0.25, 0.3) is 0 Å². The van der Waals surface area contributed by atoms with E-state index >= 15 is 0 Å². The Balaban J connectivity index is 2.53. The fraction of sp³-hybridized carbons (Fsp3) is 1.00. The SMILES string of the molecule is CC(C)(C)C1CO[Si](=O)C1. The first-order valence-electron chi connectivity index (χ1n) is 3.66. The van der Waals surface area contributed by atoms with Crippen LogP contribution in [0.5, 0.6) is 0 Å². The van der Waals surface area contributed by atoms with Crippen molar-refractivity contribution < 1.29 is 8.89 Å². The fourth-order valence-corrected chi connectivity index (χ4v) is 2.71. The summed E-state index contributed by atoms with van der Waals surface area (Å²) in [7, 11) is -1.64. The maximum atomic E-state index is 10.9. The quantitative estimate of drug-likeness (QED) is 0.500. The van der Waals surface area contributed by atoms with E-state index in [1.807, 2.05) is 0 Å². The summed E-state index contributed by atoms with van der Waals surface area (Å²) < 4.78 is 15.9. The normalized spacial score (nSPS) is 26.7. The van der Waals surface area contributed by atoms with Gasteiger partial charge < -0.3 is 8.89 Å². The van der Waals surface area contributed by atoms with Crippen LogP contribution >= 0.6 is 0 Å². The fourth-order valence-electron chi connectivity index (χ4n) is 1.07. The van der Waals surface area contributed by atoms with E-state index in [0.717, 1.165) is 6.04 Å². The molecule has 0 aromatic heterocycles. The zero-order valence-electron chi connectivity index (χ0n) is 6.81. The van der Waals surface area contributed by atoms with Gasteiger partial charge >= 0.3 is 8.93 Å². The van der Waals surface area contributed by atoms with Gasteiger partial charge in [0.2, 0.25) is 0 Å². The van der Waals surface area contributed by atoms with Crippen LogP contribution in [0.25, 0.3) is 0 Å². The Morgan fingerprint density at radius 3 is 2.30 bits per heavy atom. The molecular formula is C7H14O2Si. The highest BCUT2D eigenvalue weighted by atomic mass is 28.3. The zero-order valence-corrected chi connectivity index (χ0v) is 7.81. The minimum Gasteiger partial charge on any atom is -0.524 e. The first-order valence-corrected chi connectivity index (χ1v) is 5.18. The summed E-state index contributed by atoms with van der Waals surface area (Å²) in [6.07, 6.45) is 0. The van der Waals surface area contributed by atoms with Crippen LogP contribution < -0.4 is 0 Å². The third-order valence-corrected chi connectivity index (χ3v) is 3.40. The molecule has 1 aliphatic rings. The lowest BCUT2D eigenvalue weighted by molar-refractivity contribution is 0.198. The Kier molecular flexibility index (Phi) is 1.94. The lowest BCUT2D eigenvalue weighted by atomic mass is 9.83. The molecule has 0 bridgehead atoms. The summed E-state index contributed by atoms with van der Waals surface area (Å²) in [5.74, 6) is 0.499. The molecule has 0 radical (unpaired) electrons. The van der Waals surface area contributed by atoms with E-state index in [-0.39, 0.29) is 5.41 Å². The number of hydrogen-bond donors (Lipinski definition) is 0. The zero-order chi connectivity index (χ0) is 7.78. The molecule has 0 N–H and O–H groups in total. The minimum absolute atomic E-state index is 0.261. The molecule has 1 rings (SSSR count). The van der Waals surface area contributed by atoms with Gasteiger partial charge in [-0.05, 0) is 5.41 Å². The predicted octanol–water partition coefficient (Wildman–Crippen LogP) is 1.60. The average molecular weight is 158 g/mol. The van der Waals surface area contributed by atoms with Gasteiger partial charge in [-0.25, -0.2) is 0 Å². The molecule has 3 heteroatoms. The summed E-state index contributed by atoms with van der Waals surface area (Å²) >= 11 is 0. The second-order valence-corrected chi connectivity index (χ2v) is 5.39. The molecule has 0 aromatic carbocycles. The molecule has 1 unspecified atom stereocenters. The van der Waals surface area contributed by atoms with E-state index in [2.05, 4.69) is 20.8 Å². The standard InChI is InChI=1S/C7H14O2Si/c1-7(2,3)6-4-9-10(8)5-6/h6H,4-5H2,1-3H3. The van der Waals surface area contributed by atoms with Crippen LogP contribution in [0.4, 0.5) is 0 Å². The van der Waals surface area contributed by atoms with E-state index in [4.69, 9.17) is 4.43 Å². The second-order valence-electron chi connectivity index (χ2n) is 3.95. The van der Waals surface area contributed by atoms with Gasteiger partial charge in [0.1, 0.15) is 0 Å². The molecule has 1 saturated heterocycles. The first kappa shape index (κ1) is 7.92. The summed E-state index contributed by atoms with van der Waals surface area (Å²) in [6.45, 7) is 7.20. The van der Waals surface area contributed by atoms with Crippen LogP contribution in [-0.2, 0) is 8.89 Å². The molecule has 1 heterocycles. The molecule has 0 aliphatic carbocycles. The van der Waals surface area contributed by atoms with E-state index in [1.54, 1.807) is 0 Å². The van der Waals surface area contributed by atoms with Crippen LogP contribution in [0.15, 0.2) is 0 Å². The molecule has 1 fully saturated rings. The van der Waals surface area contributed by atoms with Crippen molar-refractivity contribution in [3.8, 4) is 0 Å². The lowest BCUT2D eigenvalue weighted by Gasteiger charge is -2.23. The number of rotatable bonds is 0. The van der Waals surface area contributed by atoms with Crippen LogP contribution in [0.1, 0.15) is 20.8 Å². The summed E-state index contributed by atoms with van der Waals surface area (Å²) in [6, 6.07) is 0.786. The van der Waals surface area contributed by atoms with E-state index < -0.39 is 8.93 Å². The molecule has 1 atom stereocenters. The van der Waals surface area contributed by atoms with Gasteiger partial charge in [0, 0.05) is 12.0 Å². The molecule has 0 saturated carbocycles. The Hall–Kier alpha value is -0.183. The molecular weight excluding hydrogens is 144 g/mol. The van der Waals surface area contributed by atoms with Crippen molar-refractivity contribution in [3.05, 3.63) is 0 Å². The Bertz CT molecular complexity index is 148. The van der Waals surface area contributed by atoms with Crippen molar-refractivity contribution >= 4 is 8.93 Å². The topological polar surface area (TPSA) is 26.3 Å². The molecule has 2 nitrogen and oxygen atoms in total. The van der Waals surface area contributed by atoms with Crippen LogP contribution in [-0.4, -0.2) is 15.5 Å². The van der Waals surface area contributed by atoms with Crippen molar-refractivity contribution in [1.82, 2.24) is 0 Å². The van der Waals surface area contributed by atoms with Gasteiger partial charge in [0.15, 0.2) is 0 Å². The van der Waals surface area contributed by atoms with E-state index in [9.17, 15) is 4.46 Å². The lowest BCUT2D eigenvalue weighted by Crippen LogP contribution is -2.19. The number of hydrogen-bond acceptors (Lipinski definition) is 2. The van der Waals surface area contributed by atoms with Crippen molar-refractivity contribution in [3.63, 3.8) is 0 Å². The Labute approximate surface area is 63.4 Å². The Morgan fingerprint density at radius 2 is 2.10 bits per heavy atom. The highest BCUT2D eigenvalue weighted by molar-refractivity contribution is 6.35. The molecule has 1 aliphatic heterocycles. The van der Waals surface area contributed by atoms with Crippen LogP contribution in [0, 0.1) is 11.3 Å². The van der Waals surface area contributed by atoms with Gasteiger partial charge in [0.05, 0.1) is 6.61 Å². The summed E-state index contributed by atoms with van der Waals surface area (Å²) in [5, 5.41) is 0. The van der Waals surface area contributed by atoms with Crippen molar-refractivity contribution in [1.29, 1.82) is 0 Å². The first-order chi connectivity index (χ1) is 4.50. The van der Waals surface area contributed by atoms with Crippen molar-refractivity contribution in [2.75, 3.05) is 6.61 Å². The van der Waals surface area contributed by atoms with E-state index in [1.165, 1.54) is 0 Å². The van der Waals surface area contributed by atoms with Gasteiger partial charge in [-0.15, -0.1) is 0 Å². The summed E-state index contributed by atoms with van der Waals surface area (Å²) in [4.78, 5) is 0. The molecule has 0 spiro atoms. The van der Waals surface area contributed by atoms with Gasteiger partial charge in [-0.2, -0.15) is 0 Å². The Morgan fingerprint density at radius 1 is 1.50 bits per heavy atom. The van der Waals surface area contributed by atoms with Crippen molar-refractivity contribution in [2.45, 2.75) is 26.8 Å². The maximum Gasteiger partial charge on any atom is 0.502 e. The molecule has 58 valence electrons. The van der Waals surface area contributed by atoms with Gasteiger partial charge in [-0.3, -0.25) is 0 Å². The largest absolute Gasteiger partial charge is 0.524 e. The highest BCUT2D eigenvalue weighted by Gasteiger charge is 2.34. The molecule has 0 amide bonds. The smallest absolute Gasteiger partial charge is 0.502 e. The second kappa shape index (κ2) is 2.45. The highest BCUT2D eigenvalue weighted by Crippen LogP contribution is 2.32. The monoisotopic (exact) mass is 158 g/mol. The van der Waals surface area contributed by atoms with Gasteiger partial charge in [-0.1, -0.05) is 20.8 Å². The van der Waals surface area contributed by atoms with Crippen molar-refractivity contribution in [2.24, 2.45) is 11.3 Å².